The van der Waals surface area contributed by atoms with Crippen LogP contribution in [0, 0.1) is 0 Å². The maximum Gasteiger partial charge on any atom is 0.236 e. The van der Waals surface area contributed by atoms with Crippen LogP contribution in [-0.4, -0.2) is 45.3 Å². The van der Waals surface area contributed by atoms with Gasteiger partial charge in [-0.1, -0.05) is 23.1 Å². The molecule has 0 radical (unpaired) electrons. The molecule has 0 aliphatic carbocycles. The molecular formula is C13H15N7S2. The number of nitrogens with zero attached hydrogens (tertiary/aromatic N) is 6. The Morgan fingerprint density at radius 2 is 1.91 bits per heavy atom. The molecule has 2 heterocycles. The van der Waals surface area contributed by atoms with E-state index in [1.807, 2.05) is 44.6 Å². The van der Waals surface area contributed by atoms with E-state index < -0.39 is 0 Å². The highest BCUT2D eigenvalue weighted by Gasteiger charge is 2.14. The number of anilines is 2. The number of hydrogen-bond acceptors (Lipinski definition) is 8. The zero-order valence-electron chi connectivity index (χ0n) is 12.4. The second-order valence-electron chi connectivity index (χ2n) is 4.70. The number of rotatable bonds is 4. The van der Waals surface area contributed by atoms with Crippen molar-refractivity contribution in [2.75, 3.05) is 31.0 Å². The van der Waals surface area contributed by atoms with Crippen LogP contribution in [0.15, 0.2) is 29.4 Å². The van der Waals surface area contributed by atoms with Gasteiger partial charge in [0.1, 0.15) is 5.01 Å². The molecule has 0 aliphatic rings. The van der Waals surface area contributed by atoms with Gasteiger partial charge in [-0.25, -0.2) is 0 Å². The largest absolute Gasteiger partial charge is 0.378 e. The van der Waals surface area contributed by atoms with Crippen LogP contribution in [0.25, 0.3) is 15.7 Å². The third kappa shape index (κ3) is 2.77. The van der Waals surface area contributed by atoms with Crippen LogP contribution in [0.5, 0.6) is 0 Å². The van der Waals surface area contributed by atoms with E-state index >= 15 is 0 Å². The summed E-state index contributed by atoms with van der Waals surface area (Å²) in [4.78, 5) is 6.20. The first-order valence-corrected chi connectivity index (χ1v) is 8.51. The molecule has 0 unspecified atom stereocenters. The third-order valence-electron chi connectivity index (χ3n) is 3.02. The number of hydrogen-bond donors (Lipinski definition) is 1. The minimum absolute atomic E-state index is 0.315. The van der Waals surface area contributed by atoms with Crippen molar-refractivity contribution in [3.8, 4) is 15.7 Å². The fraction of sp³-hybridized carbons (Fsp3) is 0.231. The molecule has 0 bridgehead atoms. The van der Waals surface area contributed by atoms with Crippen molar-refractivity contribution in [3.05, 3.63) is 24.3 Å². The molecule has 0 saturated carbocycles. The van der Waals surface area contributed by atoms with Crippen LogP contribution >= 0.6 is 23.1 Å². The van der Waals surface area contributed by atoms with Crippen molar-refractivity contribution < 1.29 is 0 Å². The molecule has 0 amide bonds. The SMILES string of the molecule is CSc1nc(N)n(-c2nnc(-c3ccc(N(C)C)cc3)s2)n1. The van der Waals surface area contributed by atoms with E-state index in [1.165, 1.54) is 27.8 Å². The number of aromatic nitrogens is 5. The first-order chi connectivity index (χ1) is 10.6. The van der Waals surface area contributed by atoms with Crippen LogP contribution in [0.2, 0.25) is 0 Å². The lowest BCUT2D eigenvalue weighted by Gasteiger charge is -2.11. The van der Waals surface area contributed by atoms with Gasteiger partial charge in [-0.05, 0) is 30.5 Å². The van der Waals surface area contributed by atoms with Crippen LogP contribution in [-0.2, 0) is 0 Å². The van der Waals surface area contributed by atoms with E-state index in [1.54, 1.807) is 0 Å². The Morgan fingerprint density at radius 3 is 2.50 bits per heavy atom. The van der Waals surface area contributed by atoms with Crippen molar-refractivity contribution in [2.45, 2.75) is 5.16 Å². The van der Waals surface area contributed by atoms with E-state index in [-0.39, 0.29) is 0 Å². The maximum atomic E-state index is 5.86. The maximum absolute atomic E-state index is 5.86. The molecular weight excluding hydrogens is 318 g/mol. The second kappa shape index (κ2) is 5.93. The molecule has 2 N–H and O–H groups in total. The standard InChI is InChI=1S/C13H15N7S2/c1-19(2)9-6-4-8(5-7-9)10-16-17-13(22-10)20-11(14)15-12(18-20)21-3/h4-7H,1-3H3,(H2,14,15,18). The van der Waals surface area contributed by atoms with Crippen LogP contribution in [0.1, 0.15) is 0 Å². The summed E-state index contributed by atoms with van der Waals surface area (Å²) in [5.41, 5.74) is 8.01. The van der Waals surface area contributed by atoms with Gasteiger partial charge in [0, 0.05) is 25.3 Å². The fourth-order valence-electron chi connectivity index (χ4n) is 1.85. The van der Waals surface area contributed by atoms with Crippen molar-refractivity contribution in [1.29, 1.82) is 0 Å². The Morgan fingerprint density at radius 1 is 1.18 bits per heavy atom. The summed E-state index contributed by atoms with van der Waals surface area (Å²) in [5.74, 6) is 0.315. The van der Waals surface area contributed by atoms with E-state index in [0.29, 0.717) is 16.2 Å². The van der Waals surface area contributed by atoms with Crippen molar-refractivity contribution in [3.63, 3.8) is 0 Å². The topological polar surface area (TPSA) is 85.8 Å². The lowest BCUT2D eigenvalue weighted by molar-refractivity contribution is 0.818. The fourth-order valence-corrected chi connectivity index (χ4v) is 3.01. The molecule has 0 atom stereocenters. The lowest BCUT2D eigenvalue weighted by Crippen LogP contribution is -2.07. The van der Waals surface area contributed by atoms with Crippen LogP contribution in [0.3, 0.4) is 0 Å². The zero-order chi connectivity index (χ0) is 15.7. The van der Waals surface area contributed by atoms with Gasteiger partial charge < -0.3 is 10.6 Å². The smallest absolute Gasteiger partial charge is 0.236 e. The van der Waals surface area contributed by atoms with Gasteiger partial charge in [0.2, 0.25) is 16.2 Å². The average Bonchev–Trinajstić information content (AvgIpc) is 3.13. The Kier molecular flexibility index (Phi) is 3.99. The summed E-state index contributed by atoms with van der Waals surface area (Å²) < 4.78 is 1.52. The summed E-state index contributed by atoms with van der Waals surface area (Å²) in [7, 11) is 4.02. The Labute approximate surface area is 136 Å². The van der Waals surface area contributed by atoms with Gasteiger partial charge in [-0.15, -0.1) is 15.3 Å². The molecule has 0 aliphatic heterocycles. The van der Waals surface area contributed by atoms with Gasteiger partial charge in [0.25, 0.3) is 0 Å². The van der Waals surface area contributed by atoms with Gasteiger partial charge in [-0.3, -0.25) is 0 Å². The zero-order valence-corrected chi connectivity index (χ0v) is 14.0. The number of nitrogen functional groups attached to an aromatic ring is 1. The molecule has 0 saturated heterocycles. The van der Waals surface area contributed by atoms with Gasteiger partial charge in [-0.2, -0.15) is 9.67 Å². The van der Waals surface area contributed by atoms with E-state index in [0.717, 1.165) is 16.3 Å². The molecule has 3 rings (SSSR count). The van der Waals surface area contributed by atoms with E-state index in [9.17, 15) is 0 Å². The average molecular weight is 333 g/mol. The first-order valence-electron chi connectivity index (χ1n) is 6.46. The highest BCUT2D eigenvalue weighted by atomic mass is 32.2. The molecule has 114 valence electrons. The van der Waals surface area contributed by atoms with Crippen molar-refractivity contribution in [1.82, 2.24) is 25.0 Å². The minimum atomic E-state index is 0.315. The quantitative estimate of drug-likeness (QED) is 0.732. The Hall–Kier alpha value is -2.13. The molecule has 7 nitrogen and oxygen atoms in total. The molecule has 3 aromatic rings. The molecule has 2 aromatic heterocycles. The number of thioether (sulfide) groups is 1. The monoisotopic (exact) mass is 333 g/mol. The summed E-state index contributed by atoms with van der Waals surface area (Å²) in [5, 5.41) is 14.7. The van der Waals surface area contributed by atoms with E-state index in [2.05, 4.69) is 25.2 Å². The first kappa shape index (κ1) is 14.8. The molecule has 1 aromatic carbocycles. The minimum Gasteiger partial charge on any atom is -0.378 e. The Balaban J connectivity index is 1.91. The summed E-state index contributed by atoms with van der Waals surface area (Å²) in [6.45, 7) is 0. The second-order valence-corrected chi connectivity index (χ2v) is 6.43. The molecule has 0 fully saturated rings. The Bertz CT molecular complexity index is 776. The van der Waals surface area contributed by atoms with Gasteiger partial charge in [0.05, 0.1) is 0 Å². The van der Waals surface area contributed by atoms with Gasteiger partial charge in [0.15, 0.2) is 0 Å². The normalized spacial score (nSPS) is 10.9. The predicted molar refractivity (Wildman–Crippen MR) is 90.8 cm³/mol. The van der Waals surface area contributed by atoms with E-state index in [4.69, 9.17) is 5.73 Å². The van der Waals surface area contributed by atoms with Crippen molar-refractivity contribution in [2.24, 2.45) is 0 Å². The van der Waals surface area contributed by atoms with Crippen LogP contribution < -0.4 is 10.6 Å². The molecule has 9 heteroatoms. The molecule has 0 spiro atoms. The number of benzene rings is 1. The predicted octanol–water partition coefficient (Wildman–Crippen LogP) is 2.16. The van der Waals surface area contributed by atoms with Crippen molar-refractivity contribution >= 4 is 34.7 Å². The lowest BCUT2D eigenvalue weighted by atomic mass is 10.2. The number of nitrogens with two attached hydrogens (primary N) is 1. The van der Waals surface area contributed by atoms with Crippen LogP contribution in [0.4, 0.5) is 11.6 Å². The summed E-state index contributed by atoms with van der Waals surface area (Å²) >= 11 is 2.86. The highest BCUT2D eigenvalue weighted by Crippen LogP contribution is 2.28. The summed E-state index contributed by atoms with van der Waals surface area (Å²) in [6, 6.07) is 8.15. The summed E-state index contributed by atoms with van der Waals surface area (Å²) in [6.07, 6.45) is 1.90. The third-order valence-corrected chi connectivity index (χ3v) is 4.51. The van der Waals surface area contributed by atoms with Gasteiger partial charge >= 0.3 is 0 Å². The highest BCUT2D eigenvalue weighted by molar-refractivity contribution is 7.98. The molecule has 22 heavy (non-hydrogen) atoms.